The van der Waals surface area contributed by atoms with Crippen LogP contribution in [0.4, 0.5) is 5.82 Å². The molecule has 31 heavy (non-hydrogen) atoms. The van der Waals surface area contributed by atoms with Gasteiger partial charge in [0.25, 0.3) is 5.91 Å². The summed E-state index contributed by atoms with van der Waals surface area (Å²) in [6.07, 6.45) is 14.1. The Kier molecular flexibility index (Phi) is 5.76. The van der Waals surface area contributed by atoms with Crippen LogP contribution in [0.25, 0.3) is 11.2 Å². The Morgan fingerprint density at radius 2 is 1.90 bits per heavy atom. The number of nitrogens with zero attached hydrogens (tertiary/aromatic N) is 5. The standard InChI is InChI=1S/C24H32N6O/c1-28-14-10-19(11-15-28)25-24(31)21-16-22-26-20(18-8-4-2-5-9-18)17-23(30(22)27-21)29-12-6-3-7-13-29/h2,4,8,16-17,19H,3,5-7,9-15H2,1H3,(H,25,31). The Hall–Kier alpha value is -2.67. The van der Waals surface area contributed by atoms with Gasteiger partial charge in [0.05, 0.1) is 5.69 Å². The van der Waals surface area contributed by atoms with E-state index >= 15 is 0 Å². The number of rotatable bonds is 4. The van der Waals surface area contributed by atoms with Gasteiger partial charge in [-0.2, -0.15) is 9.61 Å². The highest BCUT2D eigenvalue weighted by atomic mass is 16.2. The first-order valence-corrected chi connectivity index (χ1v) is 11.7. The zero-order valence-electron chi connectivity index (χ0n) is 18.4. The Morgan fingerprint density at radius 1 is 1.10 bits per heavy atom. The highest BCUT2D eigenvalue weighted by Crippen LogP contribution is 2.28. The highest BCUT2D eigenvalue weighted by Gasteiger charge is 2.23. The lowest BCUT2D eigenvalue weighted by Crippen LogP contribution is -2.43. The third-order valence-corrected chi connectivity index (χ3v) is 6.72. The van der Waals surface area contributed by atoms with Crippen LogP contribution in [0.1, 0.15) is 61.1 Å². The number of fused-ring (bicyclic) bond motifs is 1. The average Bonchev–Trinajstić information content (AvgIpc) is 3.26. The molecule has 5 rings (SSSR count). The highest BCUT2D eigenvalue weighted by molar-refractivity contribution is 5.93. The van der Waals surface area contributed by atoms with E-state index in [9.17, 15) is 4.79 Å². The summed E-state index contributed by atoms with van der Waals surface area (Å²) >= 11 is 0. The molecule has 0 saturated carbocycles. The van der Waals surface area contributed by atoms with Crippen LogP contribution in [0.5, 0.6) is 0 Å². The Balaban J connectivity index is 1.47. The van der Waals surface area contributed by atoms with Crippen LogP contribution < -0.4 is 10.2 Å². The van der Waals surface area contributed by atoms with Crippen molar-refractivity contribution in [1.82, 2.24) is 24.8 Å². The first kappa shape index (κ1) is 20.2. The van der Waals surface area contributed by atoms with Crippen molar-refractivity contribution in [3.63, 3.8) is 0 Å². The molecule has 164 valence electrons. The van der Waals surface area contributed by atoms with E-state index < -0.39 is 0 Å². The van der Waals surface area contributed by atoms with Crippen LogP contribution in [0.3, 0.4) is 0 Å². The van der Waals surface area contributed by atoms with Crippen molar-refractivity contribution in [2.75, 3.05) is 38.1 Å². The molecule has 2 aliphatic heterocycles. The number of likely N-dealkylation sites (tertiary alicyclic amines) is 1. The SMILES string of the molecule is CN1CCC(NC(=O)c2cc3nc(C4=CC=CCC4)cc(N4CCCCC4)n3n2)CC1. The molecule has 7 nitrogen and oxygen atoms in total. The predicted octanol–water partition coefficient (Wildman–Crippen LogP) is 3.28. The van der Waals surface area contributed by atoms with E-state index in [2.05, 4.69) is 46.5 Å². The minimum Gasteiger partial charge on any atom is -0.356 e. The molecule has 7 heteroatoms. The lowest BCUT2D eigenvalue weighted by atomic mass is 10.0. The molecule has 2 aromatic heterocycles. The Bertz CT molecular complexity index is 1010. The fourth-order valence-corrected chi connectivity index (χ4v) is 4.81. The molecule has 0 bridgehead atoms. The fraction of sp³-hybridized carbons (Fsp3) is 0.542. The van der Waals surface area contributed by atoms with Crippen molar-refractivity contribution >= 4 is 22.9 Å². The van der Waals surface area contributed by atoms with E-state index in [1.165, 1.54) is 24.8 Å². The summed E-state index contributed by atoms with van der Waals surface area (Å²) < 4.78 is 1.87. The smallest absolute Gasteiger partial charge is 0.272 e. The second-order valence-corrected chi connectivity index (χ2v) is 9.06. The zero-order chi connectivity index (χ0) is 21.2. The molecule has 2 fully saturated rings. The number of nitrogens with one attached hydrogen (secondary N) is 1. The molecule has 0 radical (unpaired) electrons. The predicted molar refractivity (Wildman–Crippen MR) is 123 cm³/mol. The van der Waals surface area contributed by atoms with Gasteiger partial charge in [0.2, 0.25) is 0 Å². The van der Waals surface area contributed by atoms with Gasteiger partial charge in [-0.25, -0.2) is 4.98 Å². The van der Waals surface area contributed by atoms with Gasteiger partial charge in [0.15, 0.2) is 11.3 Å². The summed E-state index contributed by atoms with van der Waals surface area (Å²) in [6, 6.07) is 4.23. The molecule has 0 aromatic carbocycles. The van der Waals surface area contributed by atoms with Crippen molar-refractivity contribution in [3.05, 3.63) is 41.7 Å². The topological polar surface area (TPSA) is 65.8 Å². The number of amides is 1. The number of hydrogen-bond donors (Lipinski definition) is 1. The molecular formula is C24H32N6O. The van der Waals surface area contributed by atoms with Crippen molar-refractivity contribution in [3.8, 4) is 0 Å². The second kappa shape index (κ2) is 8.83. The maximum Gasteiger partial charge on any atom is 0.272 e. The number of carbonyl (C=O) groups excluding carboxylic acids is 1. The van der Waals surface area contributed by atoms with Crippen molar-refractivity contribution in [2.45, 2.75) is 51.0 Å². The van der Waals surface area contributed by atoms with E-state index in [4.69, 9.17) is 10.1 Å². The first-order valence-electron chi connectivity index (χ1n) is 11.7. The molecule has 1 amide bonds. The first-order chi connectivity index (χ1) is 15.2. The molecule has 2 aromatic rings. The summed E-state index contributed by atoms with van der Waals surface area (Å²) in [5, 5.41) is 7.90. The quantitative estimate of drug-likeness (QED) is 0.822. The van der Waals surface area contributed by atoms with Crippen LogP contribution in [-0.4, -0.2) is 64.7 Å². The van der Waals surface area contributed by atoms with E-state index in [0.717, 1.165) is 69.0 Å². The number of aromatic nitrogens is 3. The normalized spacial score (nSPS) is 20.8. The van der Waals surface area contributed by atoms with Gasteiger partial charge in [-0.05, 0) is 70.7 Å². The molecular weight excluding hydrogens is 388 g/mol. The van der Waals surface area contributed by atoms with Gasteiger partial charge in [0, 0.05) is 31.3 Å². The van der Waals surface area contributed by atoms with Gasteiger partial charge in [-0.15, -0.1) is 0 Å². The van der Waals surface area contributed by atoms with E-state index in [-0.39, 0.29) is 11.9 Å². The maximum absolute atomic E-state index is 13.0. The van der Waals surface area contributed by atoms with E-state index in [1.807, 2.05) is 10.6 Å². The maximum atomic E-state index is 13.0. The lowest BCUT2D eigenvalue weighted by Gasteiger charge is -2.29. The third-order valence-electron chi connectivity index (χ3n) is 6.72. The number of piperidine rings is 2. The van der Waals surface area contributed by atoms with Crippen LogP contribution in [0.15, 0.2) is 30.4 Å². The van der Waals surface area contributed by atoms with Gasteiger partial charge in [0.1, 0.15) is 5.82 Å². The molecule has 3 aliphatic rings. The second-order valence-electron chi connectivity index (χ2n) is 9.06. The van der Waals surface area contributed by atoms with Gasteiger partial charge < -0.3 is 15.1 Å². The largest absolute Gasteiger partial charge is 0.356 e. The average molecular weight is 421 g/mol. The minimum atomic E-state index is -0.0917. The molecule has 1 N–H and O–H groups in total. The summed E-state index contributed by atoms with van der Waals surface area (Å²) in [5.41, 5.74) is 3.46. The molecule has 2 saturated heterocycles. The number of hydrogen-bond acceptors (Lipinski definition) is 5. The van der Waals surface area contributed by atoms with Crippen LogP contribution in [0, 0.1) is 0 Å². The van der Waals surface area contributed by atoms with Crippen LogP contribution in [0.2, 0.25) is 0 Å². The summed E-state index contributed by atoms with van der Waals surface area (Å²) in [4.78, 5) is 22.6. The Morgan fingerprint density at radius 3 is 2.65 bits per heavy atom. The van der Waals surface area contributed by atoms with Crippen LogP contribution in [-0.2, 0) is 0 Å². The molecule has 4 heterocycles. The third kappa shape index (κ3) is 4.37. The van der Waals surface area contributed by atoms with Crippen molar-refractivity contribution in [2.24, 2.45) is 0 Å². The minimum absolute atomic E-state index is 0.0917. The zero-order valence-corrected chi connectivity index (χ0v) is 18.4. The number of allylic oxidation sites excluding steroid dienone is 4. The summed E-state index contributed by atoms with van der Waals surface area (Å²) in [6.45, 7) is 4.08. The molecule has 0 atom stereocenters. The van der Waals surface area contributed by atoms with Crippen molar-refractivity contribution < 1.29 is 4.79 Å². The monoisotopic (exact) mass is 420 g/mol. The van der Waals surface area contributed by atoms with Gasteiger partial charge in [-0.3, -0.25) is 4.79 Å². The number of carbonyl (C=O) groups is 1. The fourth-order valence-electron chi connectivity index (χ4n) is 4.81. The number of anilines is 1. The van der Waals surface area contributed by atoms with E-state index in [1.54, 1.807) is 0 Å². The molecule has 1 aliphatic carbocycles. The summed E-state index contributed by atoms with van der Waals surface area (Å²) in [7, 11) is 2.13. The lowest BCUT2D eigenvalue weighted by molar-refractivity contribution is 0.0911. The molecule has 0 unspecified atom stereocenters. The summed E-state index contributed by atoms with van der Waals surface area (Å²) in [5.74, 6) is 0.958. The Labute approximate surface area is 183 Å². The van der Waals surface area contributed by atoms with Crippen molar-refractivity contribution in [1.29, 1.82) is 0 Å². The van der Waals surface area contributed by atoms with Crippen LogP contribution >= 0.6 is 0 Å². The van der Waals surface area contributed by atoms with Gasteiger partial charge in [-0.1, -0.05) is 18.2 Å². The molecule has 0 spiro atoms. The van der Waals surface area contributed by atoms with E-state index in [0.29, 0.717) is 5.69 Å². The van der Waals surface area contributed by atoms with Gasteiger partial charge >= 0.3 is 0 Å².